The average Bonchev–Trinajstić information content (AvgIpc) is 2.66. The zero-order valence-electron chi connectivity index (χ0n) is 8.22. The molecule has 2 heterocycles. The Morgan fingerprint density at radius 2 is 1.88 bits per heavy atom. The summed E-state index contributed by atoms with van der Waals surface area (Å²) in [6, 6.07) is 2.67. The number of rotatable bonds is 1. The van der Waals surface area contributed by atoms with Crippen LogP contribution in [0, 0.1) is 0 Å². The van der Waals surface area contributed by atoms with Crippen molar-refractivity contribution >= 4 is 0 Å². The van der Waals surface area contributed by atoms with E-state index in [9.17, 15) is 20.1 Å². The molecule has 1 aliphatic heterocycles. The van der Waals surface area contributed by atoms with E-state index >= 15 is 0 Å². The minimum atomic E-state index is -1.56. The van der Waals surface area contributed by atoms with Crippen molar-refractivity contribution in [3.8, 4) is 0 Å². The highest BCUT2D eigenvalue weighted by molar-refractivity contribution is 5.24. The maximum Gasteiger partial charge on any atom is 0.181 e. The van der Waals surface area contributed by atoms with Crippen LogP contribution in [0.15, 0.2) is 29.3 Å². The zero-order valence-corrected chi connectivity index (χ0v) is 8.22. The van der Waals surface area contributed by atoms with Crippen LogP contribution in [-0.2, 0) is 4.74 Å². The molecule has 5 atom stereocenters. The molecule has 86 valence electrons. The number of nitrogens with zero attached hydrogens (tertiary/aromatic N) is 1. The molecular formula is C10H11NO5. The van der Waals surface area contributed by atoms with Gasteiger partial charge in [-0.15, -0.1) is 0 Å². The van der Waals surface area contributed by atoms with E-state index in [1.807, 2.05) is 0 Å². The van der Waals surface area contributed by atoms with Crippen molar-refractivity contribution in [1.82, 2.24) is 4.57 Å². The summed E-state index contributed by atoms with van der Waals surface area (Å²) in [5.74, 6) is 0. The molecule has 1 saturated heterocycles. The Labute approximate surface area is 90.3 Å². The summed E-state index contributed by atoms with van der Waals surface area (Å²) in [4.78, 5) is 10.9. The number of hydrogen-bond acceptors (Lipinski definition) is 5. The normalized spacial score (nSPS) is 45.4. The van der Waals surface area contributed by atoms with Crippen LogP contribution in [0.1, 0.15) is 6.23 Å². The molecule has 2 fully saturated rings. The summed E-state index contributed by atoms with van der Waals surface area (Å²) in [5, 5.41) is 28.9. The second-order valence-corrected chi connectivity index (χ2v) is 4.21. The van der Waals surface area contributed by atoms with Gasteiger partial charge in [-0.25, -0.2) is 0 Å². The molecule has 16 heavy (non-hydrogen) atoms. The molecule has 1 saturated carbocycles. The Balaban J connectivity index is 1.89. The summed E-state index contributed by atoms with van der Waals surface area (Å²) in [5.41, 5.74) is -1.71. The van der Waals surface area contributed by atoms with Crippen molar-refractivity contribution in [1.29, 1.82) is 0 Å². The molecule has 0 spiro atoms. The monoisotopic (exact) mass is 225 g/mol. The molecule has 1 aromatic heterocycles. The van der Waals surface area contributed by atoms with Gasteiger partial charge in [-0.1, -0.05) is 0 Å². The second kappa shape index (κ2) is 2.92. The molecule has 0 bridgehead atoms. The van der Waals surface area contributed by atoms with Crippen LogP contribution in [0.5, 0.6) is 0 Å². The largest absolute Gasteiger partial charge is 0.387 e. The lowest BCUT2D eigenvalue weighted by Gasteiger charge is -2.23. The number of hydrogen-bond donors (Lipinski definition) is 3. The van der Waals surface area contributed by atoms with Gasteiger partial charge in [0.15, 0.2) is 17.3 Å². The first-order valence-corrected chi connectivity index (χ1v) is 4.97. The van der Waals surface area contributed by atoms with E-state index in [0.29, 0.717) is 0 Å². The number of ether oxygens (including phenoxy) is 1. The number of aromatic nitrogens is 1. The molecular weight excluding hydrogens is 214 g/mol. The first kappa shape index (κ1) is 9.98. The van der Waals surface area contributed by atoms with Crippen LogP contribution in [0.2, 0.25) is 0 Å². The smallest absolute Gasteiger partial charge is 0.181 e. The lowest BCUT2D eigenvalue weighted by molar-refractivity contribution is -0.0958. The van der Waals surface area contributed by atoms with Crippen molar-refractivity contribution in [3.05, 3.63) is 34.7 Å². The fourth-order valence-electron chi connectivity index (χ4n) is 2.15. The van der Waals surface area contributed by atoms with Crippen molar-refractivity contribution < 1.29 is 20.1 Å². The van der Waals surface area contributed by atoms with Gasteiger partial charge in [-0.2, -0.15) is 0 Å². The molecule has 0 aromatic carbocycles. The summed E-state index contributed by atoms with van der Waals surface area (Å²) < 4.78 is 6.79. The predicted molar refractivity (Wildman–Crippen MR) is 51.6 cm³/mol. The fourth-order valence-corrected chi connectivity index (χ4v) is 2.15. The fraction of sp³-hybridized carbons (Fsp3) is 0.500. The summed E-state index contributed by atoms with van der Waals surface area (Å²) >= 11 is 0. The average molecular weight is 225 g/mol. The van der Waals surface area contributed by atoms with Gasteiger partial charge < -0.3 is 24.6 Å². The lowest BCUT2D eigenvalue weighted by atomic mass is 10.1. The van der Waals surface area contributed by atoms with E-state index in [2.05, 4.69) is 0 Å². The Morgan fingerprint density at radius 3 is 2.38 bits per heavy atom. The molecule has 1 unspecified atom stereocenters. The number of fused-ring (bicyclic) bond motifs is 1. The van der Waals surface area contributed by atoms with Gasteiger partial charge in [0, 0.05) is 24.5 Å². The number of aliphatic hydroxyl groups excluding tert-OH is 2. The molecule has 3 rings (SSSR count). The zero-order chi connectivity index (χ0) is 11.5. The van der Waals surface area contributed by atoms with Crippen molar-refractivity contribution in [2.45, 2.75) is 30.1 Å². The van der Waals surface area contributed by atoms with E-state index < -0.39 is 30.1 Å². The standard InChI is InChI=1S/C10H11NO5/c12-5-1-3-11(4-2-5)9-7(14)10(15)6(13)8(10)16-9/h1-4,6-9,13-15H/t6?,7-,8+,9+,10-/m0/s1. The van der Waals surface area contributed by atoms with Gasteiger partial charge in [0.25, 0.3) is 0 Å². The maximum atomic E-state index is 10.9. The van der Waals surface area contributed by atoms with Crippen LogP contribution < -0.4 is 5.43 Å². The Morgan fingerprint density at radius 1 is 1.25 bits per heavy atom. The number of aliphatic hydroxyl groups is 3. The highest BCUT2D eigenvalue weighted by Gasteiger charge is 2.76. The van der Waals surface area contributed by atoms with Crippen molar-refractivity contribution in [2.24, 2.45) is 0 Å². The SMILES string of the molecule is O=c1ccn([C@@H]2O[C@@H]3C(O)[C@]3(O)[C@H]2O)cc1. The summed E-state index contributed by atoms with van der Waals surface area (Å²) in [6.45, 7) is 0. The Kier molecular flexibility index (Phi) is 1.82. The minimum Gasteiger partial charge on any atom is -0.387 e. The quantitative estimate of drug-likeness (QED) is 0.525. The Bertz CT molecular complexity index is 466. The highest BCUT2D eigenvalue weighted by Crippen LogP contribution is 2.53. The number of pyridine rings is 1. The second-order valence-electron chi connectivity index (χ2n) is 4.21. The predicted octanol–water partition coefficient (Wildman–Crippen LogP) is -1.79. The van der Waals surface area contributed by atoms with Gasteiger partial charge in [-0.3, -0.25) is 4.79 Å². The van der Waals surface area contributed by atoms with E-state index in [4.69, 9.17) is 4.74 Å². The third-order valence-electron chi connectivity index (χ3n) is 3.25. The van der Waals surface area contributed by atoms with E-state index in [1.165, 1.54) is 29.1 Å². The first-order chi connectivity index (χ1) is 7.55. The third-order valence-corrected chi connectivity index (χ3v) is 3.25. The molecule has 0 radical (unpaired) electrons. The molecule has 1 aliphatic carbocycles. The molecule has 6 heteroatoms. The topological polar surface area (TPSA) is 91.9 Å². The van der Waals surface area contributed by atoms with Crippen LogP contribution in [-0.4, -0.2) is 43.8 Å². The van der Waals surface area contributed by atoms with Crippen LogP contribution in [0.3, 0.4) is 0 Å². The summed E-state index contributed by atoms with van der Waals surface area (Å²) in [7, 11) is 0. The van der Waals surface area contributed by atoms with Gasteiger partial charge in [-0.05, 0) is 0 Å². The van der Waals surface area contributed by atoms with Crippen LogP contribution >= 0.6 is 0 Å². The minimum absolute atomic E-state index is 0.146. The van der Waals surface area contributed by atoms with Gasteiger partial charge in [0.05, 0.1) is 0 Å². The highest BCUT2D eigenvalue weighted by atomic mass is 16.6. The van der Waals surface area contributed by atoms with Crippen LogP contribution in [0.4, 0.5) is 0 Å². The van der Waals surface area contributed by atoms with E-state index in [0.717, 1.165) is 0 Å². The molecule has 2 aliphatic rings. The van der Waals surface area contributed by atoms with Gasteiger partial charge in [0.1, 0.15) is 18.3 Å². The molecule has 3 N–H and O–H groups in total. The maximum absolute atomic E-state index is 10.9. The lowest BCUT2D eigenvalue weighted by Crippen LogP contribution is -2.36. The van der Waals surface area contributed by atoms with Crippen molar-refractivity contribution in [2.75, 3.05) is 0 Å². The molecule has 0 amide bonds. The van der Waals surface area contributed by atoms with Gasteiger partial charge >= 0.3 is 0 Å². The molecule has 1 aromatic rings. The summed E-state index contributed by atoms with van der Waals surface area (Å²) in [6.07, 6.45) is -0.799. The Hall–Kier alpha value is -1.21. The van der Waals surface area contributed by atoms with Gasteiger partial charge in [0.2, 0.25) is 0 Å². The first-order valence-electron chi connectivity index (χ1n) is 4.97. The van der Waals surface area contributed by atoms with Crippen molar-refractivity contribution in [3.63, 3.8) is 0 Å². The third kappa shape index (κ3) is 1.07. The van der Waals surface area contributed by atoms with E-state index in [-0.39, 0.29) is 5.43 Å². The van der Waals surface area contributed by atoms with Crippen LogP contribution in [0.25, 0.3) is 0 Å². The van der Waals surface area contributed by atoms with E-state index in [1.54, 1.807) is 0 Å². The molecule has 6 nitrogen and oxygen atoms in total.